The quantitative estimate of drug-likeness (QED) is 0.715. The second kappa shape index (κ2) is 8.31. The van der Waals surface area contributed by atoms with E-state index in [1.54, 1.807) is 12.1 Å². The Morgan fingerprint density at radius 3 is 2.00 bits per heavy atom. The number of hydrogen-bond acceptors (Lipinski definition) is 4. The zero-order valence-corrected chi connectivity index (χ0v) is 13.5. The SMILES string of the molecule is O=C(O)CSC(CC(=O)c1ccc(-c2ccccc2)cc1)C(=O)O. The lowest BCUT2D eigenvalue weighted by atomic mass is 10.0. The lowest BCUT2D eigenvalue weighted by Gasteiger charge is -2.10. The van der Waals surface area contributed by atoms with E-state index in [2.05, 4.69) is 0 Å². The predicted molar refractivity (Wildman–Crippen MR) is 92.3 cm³/mol. The van der Waals surface area contributed by atoms with E-state index >= 15 is 0 Å². The summed E-state index contributed by atoms with van der Waals surface area (Å²) in [6.45, 7) is 0. The third-order valence-corrected chi connectivity index (χ3v) is 4.55. The molecule has 1 unspecified atom stereocenters. The van der Waals surface area contributed by atoms with Gasteiger partial charge in [-0.25, -0.2) is 0 Å². The summed E-state index contributed by atoms with van der Waals surface area (Å²) >= 11 is 0.741. The Labute approximate surface area is 143 Å². The standard InChI is InChI=1S/C18H16O5S/c19-15(10-16(18(22)23)24-11-17(20)21)14-8-6-13(7-9-14)12-4-2-1-3-5-12/h1-9,16H,10-11H2,(H,20,21)(H,22,23). The summed E-state index contributed by atoms with van der Waals surface area (Å²) in [6, 6.07) is 16.6. The van der Waals surface area contributed by atoms with Crippen molar-refractivity contribution >= 4 is 29.5 Å². The van der Waals surface area contributed by atoms with Gasteiger partial charge < -0.3 is 10.2 Å². The maximum atomic E-state index is 12.2. The first-order valence-corrected chi connectivity index (χ1v) is 8.27. The molecule has 6 heteroatoms. The van der Waals surface area contributed by atoms with Crippen LogP contribution in [0.5, 0.6) is 0 Å². The number of Topliss-reactive ketones (excluding diaryl/α,β-unsaturated/α-hetero) is 1. The lowest BCUT2D eigenvalue weighted by molar-refractivity contribution is -0.136. The van der Waals surface area contributed by atoms with Crippen LogP contribution in [-0.4, -0.2) is 38.9 Å². The van der Waals surface area contributed by atoms with E-state index in [4.69, 9.17) is 10.2 Å². The fourth-order valence-electron chi connectivity index (χ4n) is 2.15. The van der Waals surface area contributed by atoms with Crippen molar-refractivity contribution in [2.75, 3.05) is 5.75 Å². The van der Waals surface area contributed by atoms with Gasteiger partial charge in [-0.3, -0.25) is 14.4 Å². The van der Waals surface area contributed by atoms with Crippen LogP contribution in [0.2, 0.25) is 0 Å². The van der Waals surface area contributed by atoms with Gasteiger partial charge in [0, 0.05) is 12.0 Å². The number of hydrogen-bond donors (Lipinski definition) is 2. The third kappa shape index (κ3) is 4.96. The van der Waals surface area contributed by atoms with Gasteiger partial charge in [-0.15, -0.1) is 11.8 Å². The highest BCUT2D eigenvalue weighted by Crippen LogP contribution is 2.22. The van der Waals surface area contributed by atoms with Crippen molar-refractivity contribution in [3.63, 3.8) is 0 Å². The van der Waals surface area contributed by atoms with Gasteiger partial charge in [0.1, 0.15) is 5.25 Å². The molecule has 0 spiro atoms. The molecule has 0 aliphatic heterocycles. The van der Waals surface area contributed by atoms with Crippen LogP contribution in [0.4, 0.5) is 0 Å². The summed E-state index contributed by atoms with van der Waals surface area (Å²) in [4.78, 5) is 33.9. The van der Waals surface area contributed by atoms with Gasteiger partial charge in [0.15, 0.2) is 5.78 Å². The summed E-state index contributed by atoms with van der Waals surface area (Å²) < 4.78 is 0. The molecule has 0 heterocycles. The van der Waals surface area contributed by atoms with Crippen molar-refractivity contribution in [2.24, 2.45) is 0 Å². The van der Waals surface area contributed by atoms with Crippen LogP contribution >= 0.6 is 11.8 Å². The van der Waals surface area contributed by atoms with E-state index < -0.39 is 17.2 Å². The Morgan fingerprint density at radius 1 is 0.875 bits per heavy atom. The summed E-state index contributed by atoms with van der Waals surface area (Å²) in [6.07, 6.45) is -0.238. The molecule has 5 nitrogen and oxygen atoms in total. The van der Waals surface area contributed by atoms with E-state index in [9.17, 15) is 14.4 Å². The molecule has 0 radical (unpaired) electrons. The summed E-state index contributed by atoms with van der Waals surface area (Å²) in [5.74, 6) is -2.96. The Kier molecular flexibility index (Phi) is 6.14. The van der Waals surface area contributed by atoms with Gasteiger partial charge in [0.05, 0.1) is 5.75 Å². The van der Waals surface area contributed by atoms with Crippen molar-refractivity contribution in [1.82, 2.24) is 0 Å². The number of carbonyl (C=O) groups excluding carboxylic acids is 1. The highest BCUT2D eigenvalue weighted by atomic mass is 32.2. The summed E-state index contributed by atoms with van der Waals surface area (Å²) in [7, 11) is 0. The predicted octanol–water partition coefficient (Wildman–Crippen LogP) is 3.20. The molecule has 0 amide bonds. The summed E-state index contributed by atoms with van der Waals surface area (Å²) in [5, 5.41) is 16.7. The van der Waals surface area contributed by atoms with Crippen molar-refractivity contribution < 1.29 is 24.6 Å². The lowest BCUT2D eigenvalue weighted by Crippen LogP contribution is -2.22. The maximum absolute atomic E-state index is 12.2. The molecule has 2 aromatic carbocycles. The zero-order chi connectivity index (χ0) is 17.5. The fraction of sp³-hybridized carbons (Fsp3) is 0.167. The number of carboxylic acids is 2. The number of ketones is 1. The number of aliphatic carboxylic acids is 2. The molecule has 0 saturated heterocycles. The summed E-state index contributed by atoms with van der Waals surface area (Å²) in [5.41, 5.74) is 2.40. The van der Waals surface area contributed by atoms with Crippen molar-refractivity contribution in [2.45, 2.75) is 11.7 Å². The van der Waals surface area contributed by atoms with Gasteiger partial charge in [0.2, 0.25) is 0 Å². The zero-order valence-electron chi connectivity index (χ0n) is 12.7. The highest BCUT2D eigenvalue weighted by Gasteiger charge is 2.23. The van der Waals surface area contributed by atoms with Crippen molar-refractivity contribution in [3.05, 3.63) is 60.2 Å². The smallest absolute Gasteiger partial charge is 0.317 e. The van der Waals surface area contributed by atoms with Crippen LogP contribution in [0.25, 0.3) is 11.1 Å². The first kappa shape index (κ1) is 17.7. The van der Waals surface area contributed by atoms with E-state index in [1.807, 2.05) is 42.5 Å². The molecular weight excluding hydrogens is 328 g/mol. The van der Waals surface area contributed by atoms with Gasteiger partial charge in [-0.1, -0.05) is 54.6 Å². The highest BCUT2D eigenvalue weighted by molar-refractivity contribution is 8.01. The second-order valence-electron chi connectivity index (χ2n) is 5.10. The molecule has 0 saturated carbocycles. The Hall–Kier alpha value is -2.60. The fourth-order valence-corrected chi connectivity index (χ4v) is 2.91. The molecule has 0 bridgehead atoms. The minimum Gasteiger partial charge on any atom is -0.481 e. The van der Waals surface area contributed by atoms with E-state index in [-0.39, 0.29) is 18.0 Å². The van der Waals surface area contributed by atoms with Gasteiger partial charge in [0.25, 0.3) is 0 Å². The minimum absolute atomic E-state index is 0.238. The molecule has 124 valence electrons. The molecule has 1 atom stereocenters. The van der Waals surface area contributed by atoms with Crippen molar-refractivity contribution in [3.8, 4) is 11.1 Å². The molecule has 24 heavy (non-hydrogen) atoms. The normalized spacial score (nSPS) is 11.7. The average molecular weight is 344 g/mol. The monoisotopic (exact) mass is 344 g/mol. The van der Waals surface area contributed by atoms with E-state index in [1.165, 1.54) is 0 Å². The van der Waals surface area contributed by atoms with Gasteiger partial charge in [-0.2, -0.15) is 0 Å². The van der Waals surface area contributed by atoms with Crippen molar-refractivity contribution in [1.29, 1.82) is 0 Å². The average Bonchev–Trinajstić information content (AvgIpc) is 2.59. The first-order valence-electron chi connectivity index (χ1n) is 7.22. The minimum atomic E-state index is -1.18. The Morgan fingerprint density at radius 2 is 1.46 bits per heavy atom. The van der Waals surface area contributed by atoms with Crippen LogP contribution in [-0.2, 0) is 9.59 Å². The number of carboxylic acid groups (broad SMARTS) is 2. The van der Waals surface area contributed by atoms with E-state index in [0.29, 0.717) is 5.56 Å². The molecule has 2 N–H and O–H groups in total. The molecule has 2 aromatic rings. The second-order valence-corrected chi connectivity index (χ2v) is 6.29. The largest absolute Gasteiger partial charge is 0.481 e. The Balaban J connectivity index is 2.06. The molecule has 0 aromatic heterocycles. The number of thioether (sulfide) groups is 1. The Bertz CT molecular complexity index is 725. The van der Waals surface area contributed by atoms with Gasteiger partial charge in [-0.05, 0) is 11.1 Å². The number of benzene rings is 2. The third-order valence-electron chi connectivity index (χ3n) is 3.37. The van der Waals surface area contributed by atoms with Crippen LogP contribution in [0.15, 0.2) is 54.6 Å². The molecule has 0 aliphatic rings. The molecule has 0 fully saturated rings. The maximum Gasteiger partial charge on any atom is 0.317 e. The van der Waals surface area contributed by atoms with Crippen LogP contribution in [0.3, 0.4) is 0 Å². The number of carbonyl (C=O) groups is 3. The van der Waals surface area contributed by atoms with E-state index in [0.717, 1.165) is 22.9 Å². The molecule has 2 rings (SSSR count). The molecular formula is C18H16O5S. The van der Waals surface area contributed by atoms with Crippen LogP contribution in [0.1, 0.15) is 16.8 Å². The van der Waals surface area contributed by atoms with Gasteiger partial charge >= 0.3 is 11.9 Å². The molecule has 0 aliphatic carbocycles. The number of rotatable bonds is 8. The topological polar surface area (TPSA) is 91.7 Å². The van der Waals surface area contributed by atoms with Crippen LogP contribution < -0.4 is 0 Å². The first-order chi connectivity index (χ1) is 11.5. The van der Waals surface area contributed by atoms with Crippen LogP contribution in [0, 0.1) is 0 Å².